The van der Waals surface area contributed by atoms with Crippen molar-refractivity contribution in [3.8, 4) is 0 Å². The average molecular weight is 322 g/mol. The van der Waals surface area contributed by atoms with Crippen molar-refractivity contribution in [3.05, 3.63) is 20.8 Å². The number of hydrogen-bond acceptors (Lipinski definition) is 4. The number of rotatable bonds is 8. The first kappa shape index (κ1) is 15.1. The molecular weight excluding hydrogens is 302 g/mol. The Hall–Kier alpha value is 0.0600. The molecule has 0 N–H and O–H groups in total. The van der Waals surface area contributed by atoms with Gasteiger partial charge in [0, 0.05) is 38.2 Å². The minimum atomic E-state index is 0.399. The van der Waals surface area contributed by atoms with Crippen LogP contribution in [0.3, 0.4) is 0 Å². The lowest BCUT2D eigenvalue weighted by atomic mass is 10.3. The molecule has 0 bridgehead atoms. The predicted molar refractivity (Wildman–Crippen MR) is 75.6 cm³/mol. The van der Waals surface area contributed by atoms with E-state index in [0.29, 0.717) is 6.04 Å². The summed E-state index contributed by atoms with van der Waals surface area (Å²) in [5.41, 5.74) is 0. The highest BCUT2D eigenvalue weighted by molar-refractivity contribution is 9.11. The Morgan fingerprint density at radius 2 is 2.12 bits per heavy atom. The van der Waals surface area contributed by atoms with E-state index in [-0.39, 0.29) is 0 Å². The van der Waals surface area contributed by atoms with E-state index in [0.717, 1.165) is 26.3 Å². The van der Waals surface area contributed by atoms with Crippen molar-refractivity contribution in [1.29, 1.82) is 0 Å². The van der Waals surface area contributed by atoms with Crippen LogP contribution in [0.4, 0.5) is 0 Å². The highest BCUT2D eigenvalue weighted by Crippen LogP contribution is 2.23. The molecule has 1 aromatic rings. The SMILES string of the molecule is COCCN(Cc1ccc(Br)s1)C(C)COC. The van der Waals surface area contributed by atoms with E-state index in [2.05, 4.69) is 39.9 Å². The van der Waals surface area contributed by atoms with Gasteiger partial charge in [-0.3, -0.25) is 4.90 Å². The molecule has 3 nitrogen and oxygen atoms in total. The molecule has 0 spiro atoms. The van der Waals surface area contributed by atoms with Crippen LogP contribution in [-0.4, -0.2) is 44.9 Å². The van der Waals surface area contributed by atoms with Crippen molar-refractivity contribution < 1.29 is 9.47 Å². The van der Waals surface area contributed by atoms with Crippen LogP contribution in [-0.2, 0) is 16.0 Å². The largest absolute Gasteiger partial charge is 0.383 e. The summed E-state index contributed by atoms with van der Waals surface area (Å²) in [6.07, 6.45) is 0. The van der Waals surface area contributed by atoms with Crippen molar-refractivity contribution in [3.63, 3.8) is 0 Å². The van der Waals surface area contributed by atoms with Gasteiger partial charge < -0.3 is 9.47 Å². The minimum absolute atomic E-state index is 0.399. The third kappa shape index (κ3) is 5.48. The van der Waals surface area contributed by atoms with Gasteiger partial charge in [-0.25, -0.2) is 0 Å². The minimum Gasteiger partial charge on any atom is -0.383 e. The summed E-state index contributed by atoms with van der Waals surface area (Å²) in [4.78, 5) is 3.74. The molecule has 0 saturated heterocycles. The molecule has 1 unspecified atom stereocenters. The van der Waals surface area contributed by atoms with Crippen LogP contribution >= 0.6 is 27.3 Å². The average Bonchev–Trinajstić information content (AvgIpc) is 2.70. The van der Waals surface area contributed by atoms with Crippen molar-refractivity contribution in [2.24, 2.45) is 0 Å². The van der Waals surface area contributed by atoms with Gasteiger partial charge in [-0.15, -0.1) is 11.3 Å². The first-order valence-corrected chi connectivity index (χ1v) is 7.24. The van der Waals surface area contributed by atoms with Crippen LogP contribution in [0.5, 0.6) is 0 Å². The lowest BCUT2D eigenvalue weighted by Crippen LogP contribution is -2.37. The molecule has 1 heterocycles. The number of ether oxygens (including phenoxy) is 2. The third-order valence-corrected chi connectivity index (χ3v) is 4.21. The van der Waals surface area contributed by atoms with Crippen LogP contribution in [0.15, 0.2) is 15.9 Å². The molecule has 1 aromatic heterocycles. The van der Waals surface area contributed by atoms with E-state index < -0.39 is 0 Å². The fraction of sp³-hybridized carbons (Fsp3) is 0.667. The molecule has 1 atom stereocenters. The van der Waals surface area contributed by atoms with Gasteiger partial charge in [0.2, 0.25) is 0 Å². The Labute approximate surface area is 116 Å². The molecule has 98 valence electrons. The Bertz CT molecular complexity index is 319. The predicted octanol–water partition coefficient (Wildman–Crippen LogP) is 2.99. The fourth-order valence-electron chi connectivity index (χ4n) is 1.65. The van der Waals surface area contributed by atoms with E-state index in [1.54, 1.807) is 25.6 Å². The van der Waals surface area contributed by atoms with E-state index in [9.17, 15) is 0 Å². The number of hydrogen-bond donors (Lipinski definition) is 0. The maximum Gasteiger partial charge on any atom is 0.0701 e. The third-order valence-electron chi connectivity index (χ3n) is 2.60. The Morgan fingerprint density at radius 3 is 2.65 bits per heavy atom. The summed E-state index contributed by atoms with van der Waals surface area (Å²) in [6, 6.07) is 4.65. The second-order valence-electron chi connectivity index (χ2n) is 3.97. The van der Waals surface area contributed by atoms with Crippen LogP contribution < -0.4 is 0 Å². The summed E-state index contributed by atoms with van der Waals surface area (Å²) in [5, 5.41) is 0. The standard InChI is InChI=1S/C12H20BrNO2S/c1-10(9-16-3)14(6-7-15-2)8-11-4-5-12(13)17-11/h4-5,10H,6-9H2,1-3H3. The van der Waals surface area contributed by atoms with E-state index in [4.69, 9.17) is 9.47 Å². The van der Waals surface area contributed by atoms with E-state index >= 15 is 0 Å². The Kier molecular flexibility index (Phi) is 7.30. The normalized spacial score (nSPS) is 13.2. The van der Waals surface area contributed by atoms with Crippen molar-refractivity contribution in [2.45, 2.75) is 19.5 Å². The second kappa shape index (κ2) is 8.21. The van der Waals surface area contributed by atoms with Gasteiger partial charge in [0.1, 0.15) is 0 Å². The van der Waals surface area contributed by atoms with Crippen molar-refractivity contribution in [2.75, 3.05) is 34.0 Å². The quantitative estimate of drug-likeness (QED) is 0.734. The van der Waals surface area contributed by atoms with Crippen LogP contribution in [0, 0.1) is 0 Å². The molecule has 0 radical (unpaired) electrons. The number of nitrogens with zero attached hydrogens (tertiary/aromatic N) is 1. The van der Waals surface area contributed by atoms with Gasteiger partial charge in [0.25, 0.3) is 0 Å². The number of halogens is 1. The molecule has 0 saturated carbocycles. The highest BCUT2D eigenvalue weighted by Gasteiger charge is 2.14. The van der Waals surface area contributed by atoms with Gasteiger partial charge in [0.05, 0.1) is 17.0 Å². The molecule has 17 heavy (non-hydrogen) atoms. The lowest BCUT2D eigenvalue weighted by molar-refractivity contribution is 0.0711. The molecule has 5 heteroatoms. The zero-order chi connectivity index (χ0) is 12.7. The topological polar surface area (TPSA) is 21.7 Å². The second-order valence-corrected chi connectivity index (χ2v) is 6.52. The molecular formula is C12H20BrNO2S. The van der Waals surface area contributed by atoms with E-state index in [1.807, 2.05) is 0 Å². The smallest absolute Gasteiger partial charge is 0.0701 e. The van der Waals surface area contributed by atoms with Crippen LogP contribution in [0.1, 0.15) is 11.8 Å². The first-order valence-electron chi connectivity index (χ1n) is 5.63. The summed E-state index contributed by atoms with van der Waals surface area (Å²) >= 11 is 5.27. The molecule has 1 rings (SSSR count). The number of thiophene rings is 1. The van der Waals surface area contributed by atoms with Gasteiger partial charge in [0.15, 0.2) is 0 Å². The molecule has 0 aromatic carbocycles. The van der Waals surface area contributed by atoms with Gasteiger partial charge in [-0.05, 0) is 35.0 Å². The van der Waals surface area contributed by atoms with Crippen molar-refractivity contribution >= 4 is 27.3 Å². The van der Waals surface area contributed by atoms with Gasteiger partial charge in [-0.1, -0.05) is 0 Å². The zero-order valence-corrected chi connectivity index (χ0v) is 13.0. The van der Waals surface area contributed by atoms with Crippen LogP contribution in [0.2, 0.25) is 0 Å². The van der Waals surface area contributed by atoms with E-state index in [1.165, 1.54) is 8.66 Å². The highest BCUT2D eigenvalue weighted by atomic mass is 79.9. The van der Waals surface area contributed by atoms with Gasteiger partial charge in [-0.2, -0.15) is 0 Å². The first-order chi connectivity index (χ1) is 8.17. The lowest BCUT2D eigenvalue weighted by Gasteiger charge is -2.27. The number of methoxy groups -OCH3 is 2. The van der Waals surface area contributed by atoms with Crippen LogP contribution in [0.25, 0.3) is 0 Å². The van der Waals surface area contributed by atoms with Crippen molar-refractivity contribution in [1.82, 2.24) is 4.90 Å². The maximum atomic E-state index is 5.22. The monoisotopic (exact) mass is 321 g/mol. The fourth-order valence-corrected chi connectivity index (χ4v) is 3.16. The molecule has 0 amide bonds. The maximum absolute atomic E-state index is 5.22. The molecule has 0 aliphatic carbocycles. The van der Waals surface area contributed by atoms with Gasteiger partial charge >= 0.3 is 0 Å². The molecule has 0 aliphatic rings. The Balaban J connectivity index is 2.55. The Morgan fingerprint density at radius 1 is 1.35 bits per heavy atom. The summed E-state index contributed by atoms with van der Waals surface area (Å²) < 4.78 is 11.6. The summed E-state index contributed by atoms with van der Waals surface area (Å²) in [7, 11) is 3.48. The molecule has 0 aliphatic heterocycles. The summed E-state index contributed by atoms with van der Waals surface area (Å²) in [5.74, 6) is 0. The molecule has 0 fully saturated rings. The zero-order valence-electron chi connectivity index (χ0n) is 10.6. The summed E-state index contributed by atoms with van der Waals surface area (Å²) in [6.45, 7) is 5.55.